The highest BCUT2D eigenvalue weighted by Gasteiger charge is 2.16. The van der Waals surface area contributed by atoms with Gasteiger partial charge in [0.1, 0.15) is 28.7 Å². The number of hydrogen-bond acceptors (Lipinski definition) is 6. The Labute approximate surface area is 170 Å². The lowest BCUT2D eigenvalue weighted by Gasteiger charge is -2.15. The van der Waals surface area contributed by atoms with Crippen molar-refractivity contribution < 1.29 is 13.6 Å². The molecule has 29 heavy (non-hydrogen) atoms. The van der Waals surface area contributed by atoms with Crippen LogP contribution in [0.15, 0.2) is 58.4 Å². The SMILES string of the molecule is Cc1ccc(CN(C)C(=O)CSc2ncnc3c2cnn3-c2ccc(F)cc2)o1. The molecule has 4 rings (SSSR count). The van der Waals surface area contributed by atoms with E-state index in [-0.39, 0.29) is 17.5 Å². The first-order valence-corrected chi connectivity index (χ1v) is 9.86. The summed E-state index contributed by atoms with van der Waals surface area (Å²) in [5.74, 6) is 1.43. The number of thioether (sulfide) groups is 1. The second-order valence-corrected chi connectivity index (χ2v) is 7.46. The minimum atomic E-state index is -0.316. The topological polar surface area (TPSA) is 77.1 Å². The second kappa shape index (κ2) is 8.04. The van der Waals surface area contributed by atoms with E-state index >= 15 is 0 Å². The number of furan rings is 1. The first-order valence-electron chi connectivity index (χ1n) is 8.88. The van der Waals surface area contributed by atoms with E-state index in [4.69, 9.17) is 4.42 Å². The van der Waals surface area contributed by atoms with Crippen molar-refractivity contribution in [1.82, 2.24) is 24.6 Å². The first kappa shape index (κ1) is 19.1. The zero-order valence-electron chi connectivity index (χ0n) is 15.9. The zero-order chi connectivity index (χ0) is 20.4. The third-order valence-electron chi connectivity index (χ3n) is 4.35. The van der Waals surface area contributed by atoms with Gasteiger partial charge in [0.05, 0.1) is 29.6 Å². The Balaban J connectivity index is 1.48. The van der Waals surface area contributed by atoms with Crippen LogP contribution >= 0.6 is 11.8 Å². The Morgan fingerprint density at radius 3 is 2.72 bits per heavy atom. The standard InChI is InChI=1S/C20H18FN5O2S/c1-13-3-8-16(28-13)10-25(2)18(27)11-29-20-17-9-24-26(19(17)22-12-23-20)15-6-4-14(21)5-7-15/h3-9,12H,10-11H2,1-2H3. The van der Waals surface area contributed by atoms with E-state index in [9.17, 15) is 9.18 Å². The number of halogens is 1. The molecule has 1 amide bonds. The molecule has 0 N–H and O–H groups in total. The van der Waals surface area contributed by atoms with Crippen LogP contribution in [0.3, 0.4) is 0 Å². The summed E-state index contributed by atoms with van der Waals surface area (Å²) in [5.41, 5.74) is 1.29. The predicted molar refractivity (Wildman–Crippen MR) is 107 cm³/mol. The van der Waals surface area contributed by atoms with Crippen LogP contribution in [0.4, 0.5) is 4.39 Å². The molecule has 9 heteroatoms. The molecule has 0 bridgehead atoms. The number of aryl methyl sites for hydroxylation is 1. The van der Waals surface area contributed by atoms with Crippen molar-refractivity contribution in [2.75, 3.05) is 12.8 Å². The summed E-state index contributed by atoms with van der Waals surface area (Å²) < 4.78 is 20.3. The van der Waals surface area contributed by atoms with Gasteiger partial charge in [-0.25, -0.2) is 19.0 Å². The highest BCUT2D eigenvalue weighted by atomic mass is 32.2. The average molecular weight is 411 g/mol. The molecule has 0 fully saturated rings. The summed E-state index contributed by atoms with van der Waals surface area (Å²) in [5, 5.41) is 5.75. The smallest absolute Gasteiger partial charge is 0.233 e. The van der Waals surface area contributed by atoms with E-state index in [2.05, 4.69) is 15.1 Å². The lowest BCUT2D eigenvalue weighted by Crippen LogP contribution is -2.27. The molecule has 3 heterocycles. The van der Waals surface area contributed by atoms with Crippen molar-refractivity contribution in [3.05, 3.63) is 66.3 Å². The molecule has 7 nitrogen and oxygen atoms in total. The van der Waals surface area contributed by atoms with E-state index in [1.165, 1.54) is 30.2 Å². The van der Waals surface area contributed by atoms with Crippen molar-refractivity contribution in [3.8, 4) is 5.69 Å². The normalized spacial score (nSPS) is 11.1. The van der Waals surface area contributed by atoms with Crippen molar-refractivity contribution in [2.45, 2.75) is 18.5 Å². The molecule has 0 atom stereocenters. The van der Waals surface area contributed by atoms with E-state index in [0.717, 1.165) is 16.9 Å². The Hall–Kier alpha value is -3.20. The number of rotatable bonds is 6. The molecule has 0 saturated heterocycles. The largest absolute Gasteiger partial charge is 0.464 e. The molecule has 0 spiro atoms. The number of hydrogen-bond donors (Lipinski definition) is 0. The maximum atomic E-state index is 13.2. The van der Waals surface area contributed by atoms with E-state index < -0.39 is 0 Å². The van der Waals surface area contributed by atoms with Crippen molar-refractivity contribution >= 4 is 28.7 Å². The van der Waals surface area contributed by atoms with E-state index in [0.29, 0.717) is 22.9 Å². The number of amides is 1. The third kappa shape index (κ3) is 4.14. The minimum absolute atomic E-state index is 0.0401. The highest BCUT2D eigenvalue weighted by molar-refractivity contribution is 8.00. The number of nitrogens with zero attached hydrogens (tertiary/aromatic N) is 5. The molecular weight excluding hydrogens is 393 g/mol. The van der Waals surface area contributed by atoms with Gasteiger partial charge in [-0.3, -0.25) is 4.79 Å². The molecule has 0 unspecified atom stereocenters. The molecule has 4 aromatic rings. The number of carbonyl (C=O) groups is 1. The number of fused-ring (bicyclic) bond motifs is 1. The minimum Gasteiger partial charge on any atom is -0.464 e. The van der Waals surface area contributed by atoms with Crippen molar-refractivity contribution in [3.63, 3.8) is 0 Å². The Morgan fingerprint density at radius 1 is 1.21 bits per heavy atom. The molecule has 3 aromatic heterocycles. The Morgan fingerprint density at radius 2 is 2.00 bits per heavy atom. The van der Waals surface area contributed by atoms with Crippen LogP contribution in [0.5, 0.6) is 0 Å². The fourth-order valence-corrected chi connectivity index (χ4v) is 3.74. The predicted octanol–water partition coefficient (Wildman–Crippen LogP) is 3.61. The Kier molecular flexibility index (Phi) is 5.30. The molecule has 0 aliphatic rings. The van der Waals surface area contributed by atoms with Crippen LogP contribution in [0.1, 0.15) is 11.5 Å². The molecule has 0 aliphatic heterocycles. The fourth-order valence-electron chi connectivity index (χ4n) is 2.84. The summed E-state index contributed by atoms with van der Waals surface area (Å²) in [6.45, 7) is 2.28. The van der Waals surface area contributed by atoms with Gasteiger partial charge in [-0.05, 0) is 43.3 Å². The summed E-state index contributed by atoms with van der Waals surface area (Å²) in [6, 6.07) is 9.74. The average Bonchev–Trinajstić information content (AvgIpc) is 3.33. The van der Waals surface area contributed by atoms with E-state index in [1.54, 1.807) is 35.0 Å². The van der Waals surface area contributed by atoms with Gasteiger partial charge < -0.3 is 9.32 Å². The lowest BCUT2D eigenvalue weighted by atomic mass is 10.3. The quantitative estimate of drug-likeness (QED) is 0.356. The highest BCUT2D eigenvalue weighted by Crippen LogP contribution is 2.26. The molecule has 148 valence electrons. The molecule has 1 aromatic carbocycles. The number of benzene rings is 1. The van der Waals surface area contributed by atoms with Crippen LogP contribution in [0.2, 0.25) is 0 Å². The first-order chi connectivity index (χ1) is 14.0. The summed E-state index contributed by atoms with van der Waals surface area (Å²) in [7, 11) is 1.74. The van der Waals surface area contributed by atoms with Crippen LogP contribution in [-0.4, -0.2) is 43.4 Å². The van der Waals surface area contributed by atoms with Gasteiger partial charge >= 0.3 is 0 Å². The van der Waals surface area contributed by atoms with Crippen molar-refractivity contribution in [2.24, 2.45) is 0 Å². The maximum Gasteiger partial charge on any atom is 0.233 e. The molecule has 0 radical (unpaired) electrons. The maximum absolute atomic E-state index is 13.2. The van der Waals surface area contributed by atoms with Crippen LogP contribution in [0, 0.1) is 12.7 Å². The molecule has 0 saturated carbocycles. The number of aromatic nitrogens is 4. The van der Waals surface area contributed by atoms with E-state index in [1.807, 2.05) is 19.1 Å². The van der Waals surface area contributed by atoms with Gasteiger partial charge in [-0.1, -0.05) is 11.8 Å². The van der Waals surface area contributed by atoms with Crippen LogP contribution in [-0.2, 0) is 11.3 Å². The zero-order valence-corrected chi connectivity index (χ0v) is 16.7. The second-order valence-electron chi connectivity index (χ2n) is 6.50. The fraction of sp³-hybridized carbons (Fsp3) is 0.200. The van der Waals surface area contributed by atoms with Gasteiger partial charge in [0.2, 0.25) is 5.91 Å². The van der Waals surface area contributed by atoms with Gasteiger partial charge in [0, 0.05) is 7.05 Å². The number of carbonyl (C=O) groups excluding carboxylic acids is 1. The van der Waals surface area contributed by atoms with Crippen LogP contribution < -0.4 is 0 Å². The van der Waals surface area contributed by atoms with Crippen molar-refractivity contribution in [1.29, 1.82) is 0 Å². The molecule has 0 aliphatic carbocycles. The summed E-state index contributed by atoms with van der Waals surface area (Å²) in [6.07, 6.45) is 3.09. The monoisotopic (exact) mass is 411 g/mol. The molecular formula is C20H18FN5O2S. The van der Waals surface area contributed by atoms with Gasteiger partial charge in [-0.2, -0.15) is 5.10 Å². The summed E-state index contributed by atoms with van der Waals surface area (Å²) >= 11 is 1.33. The van der Waals surface area contributed by atoms with Gasteiger partial charge in [-0.15, -0.1) is 0 Å². The summed E-state index contributed by atoms with van der Waals surface area (Å²) in [4.78, 5) is 22.7. The Bertz CT molecular complexity index is 1160. The van der Waals surface area contributed by atoms with Gasteiger partial charge in [0.25, 0.3) is 0 Å². The third-order valence-corrected chi connectivity index (χ3v) is 5.34. The lowest BCUT2D eigenvalue weighted by molar-refractivity contribution is -0.127. The van der Waals surface area contributed by atoms with Crippen LogP contribution in [0.25, 0.3) is 16.7 Å². The van der Waals surface area contributed by atoms with Gasteiger partial charge in [0.15, 0.2) is 5.65 Å².